The minimum absolute atomic E-state index is 0.110. The molecule has 0 saturated carbocycles. The van der Waals surface area contributed by atoms with Crippen molar-refractivity contribution in [1.82, 2.24) is 9.62 Å². The summed E-state index contributed by atoms with van der Waals surface area (Å²) in [4.78, 5) is 2.41. The van der Waals surface area contributed by atoms with Crippen molar-refractivity contribution >= 4 is 21.6 Å². The van der Waals surface area contributed by atoms with E-state index in [1.165, 1.54) is 18.4 Å². The third kappa shape index (κ3) is 5.28. The van der Waals surface area contributed by atoms with Gasteiger partial charge in [0.2, 0.25) is 10.0 Å². The number of benzene rings is 2. The van der Waals surface area contributed by atoms with E-state index in [1.807, 2.05) is 18.2 Å². The second kappa shape index (κ2) is 8.32. The van der Waals surface area contributed by atoms with Gasteiger partial charge in [0.05, 0.1) is 5.75 Å². The van der Waals surface area contributed by atoms with Crippen LogP contribution in [0.4, 0.5) is 0 Å². The smallest absolute Gasteiger partial charge is 0.216 e. The van der Waals surface area contributed by atoms with Crippen LogP contribution in [0.25, 0.3) is 0 Å². The van der Waals surface area contributed by atoms with E-state index >= 15 is 0 Å². The molecule has 4 nitrogen and oxygen atoms in total. The van der Waals surface area contributed by atoms with Gasteiger partial charge in [0.15, 0.2) is 0 Å². The van der Waals surface area contributed by atoms with Gasteiger partial charge in [0.1, 0.15) is 0 Å². The molecule has 0 amide bonds. The molecule has 1 N–H and O–H groups in total. The first-order valence-corrected chi connectivity index (χ1v) is 10.6. The fourth-order valence-corrected chi connectivity index (χ4v) is 4.55. The molecule has 0 aliphatic carbocycles. The van der Waals surface area contributed by atoms with Crippen molar-refractivity contribution in [2.24, 2.45) is 0 Å². The topological polar surface area (TPSA) is 49.4 Å². The maximum absolute atomic E-state index is 12.4. The van der Waals surface area contributed by atoms with Crippen molar-refractivity contribution in [2.45, 2.75) is 31.7 Å². The molecule has 0 atom stereocenters. The van der Waals surface area contributed by atoms with Crippen molar-refractivity contribution in [3.8, 4) is 0 Å². The molecule has 2 aromatic carbocycles. The fourth-order valence-electron chi connectivity index (χ4n) is 3.12. The van der Waals surface area contributed by atoms with E-state index < -0.39 is 10.0 Å². The molecule has 6 heteroatoms. The summed E-state index contributed by atoms with van der Waals surface area (Å²) in [6, 6.07) is 15.1. The summed E-state index contributed by atoms with van der Waals surface area (Å²) in [5.41, 5.74) is 2.82. The zero-order valence-electron chi connectivity index (χ0n) is 14.1. The lowest BCUT2D eigenvalue weighted by Gasteiger charge is -2.18. The van der Waals surface area contributed by atoms with Crippen molar-refractivity contribution in [1.29, 1.82) is 0 Å². The van der Waals surface area contributed by atoms with Gasteiger partial charge in [-0.2, -0.15) is 0 Å². The first-order valence-electron chi connectivity index (χ1n) is 8.53. The molecule has 25 heavy (non-hydrogen) atoms. The van der Waals surface area contributed by atoms with Crippen LogP contribution in [-0.2, 0) is 28.9 Å². The number of sulfonamides is 1. The average molecular weight is 379 g/mol. The van der Waals surface area contributed by atoms with Gasteiger partial charge in [0, 0.05) is 18.1 Å². The lowest BCUT2D eigenvalue weighted by atomic mass is 10.1. The number of rotatable bonds is 7. The number of halogens is 1. The Labute approximate surface area is 154 Å². The number of likely N-dealkylation sites (tertiary alicyclic amines) is 1. The van der Waals surface area contributed by atoms with Crippen LogP contribution >= 0.6 is 11.6 Å². The molecule has 0 aromatic heterocycles. The molecule has 1 heterocycles. The van der Waals surface area contributed by atoms with Crippen molar-refractivity contribution in [3.05, 3.63) is 70.2 Å². The van der Waals surface area contributed by atoms with Gasteiger partial charge < -0.3 is 0 Å². The monoisotopic (exact) mass is 378 g/mol. The van der Waals surface area contributed by atoms with Crippen LogP contribution in [0.1, 0.15) is 29.5 Å². The van der Waals surface area contributed by atoms with Crippen LogP contribution in [0.2, 0.25) is 5.02 Å². The van der Waals surface area contributed by atoms with Gasteiger partial charge in [-0.05, 0) is 48.7 Å². The zero-order valence-corrected chi connectivity index (χ0v) is 15.7. The Morgan fingerprint density at radius 2 is 1.52 bits per heavy atom. The van der Waals surface area contributed by atoms with Crippen LogP contribution < -0.4 is 4.72 Å². The minimum atomic E-state index is -3.45. The van der Waals surface area contributed by atoms with Gasteiger partial charge in [-0.3, -0.25) is 4.90 Å². The van der Waals surface area contributed by atoms with Crippen LogP contribution in [0.3, 0.4) is 0 Å². The lowest BCUT2D eigenvalue weighted by molar-refractivity contribution is 0.330. The Morgan fingerprint density at radius 3 is 2.20 bits per heavy atom. The highest BCUT2D eigenvalue weighted by atomic mass is 35.5. The number of nitrogens with zero attached hydrogens (tertiary/aromatic N) is 1. The molecule has 1 fully saturated rings. The maximum Gasteiger partial charge on any atom is 0.216 e. The predicted molar refractivity (Wildman–Crippen MR) is 102 cm³/mol. The summed E-state index contributed by atoms with van der Waals surface area (Å²) < 4.78 is 27.5. The van der Waals surface area contributed by atoms with E-state index in [4.69, 9.17) is 11.6 Å². The van der Waals surface area contributed by atoms with E-state index in [9.17, 15) is 8.42 Å². The Balaban J connectivity index is 1.65. The summed E-state index contributed by atoms with van der Waals surface area (Å²) in [6.07, 6.45) is 2.49. The van der Waals surface area contributed by atoms with E-state index in [0.29, 0.717) is 17.1 Å². The van der Waals surface area contributed by atoms with Crippen LogP contribution in [-0.4, -0.2) is 26.4 Å². The van der Waals surface area contributed by atoms with Gasteiger partial charge in [-0.1, -0.05) is 54.1 Å². The minimum Gasteiger partial charge on any atom is -0.299 e. The highest BCUT2D eigenvalue weighted by Crippen LogP contribution is 2.19. The Kier molecular flexibility index (Phi) is 6.12. The van der Waals surface area contributed by atoms with E-state index in [1.54, 1.807) is 24.3 Å². The normalized spacial score (nSPS) is 15.6. The largest absolute Gasteiger partial charge is 0.299 e. The number of hydrogen-bond donors (Lipinski definition) is 1. The summed E-state index contributed by atoms with van der Waals surface area (Å²) in [5.74, 6) is -0.110. The highest BCUT2D eigenvalue weighted by molar-refractivity contribution is 7.88. The third-order valence-electron chi connectivity index (χ3n) is 4.50. The zero-order chi connectivity index (χ0) is 17.7. The SMILES string of the molecule is O=S(=O)(Cc1ccccc1Cl)NCc1ccccc1CN1CCCC1. The molecule has 0 spiro atoms. The molecule has 1 aliphatic heterocycles. The third-order valence-corrected chi connectivity index (χ3v) is 6.14. The van der Waals surface area contributed by atoms with Gasteiger partial charge >= 0.3 is 0 Å². The van der Waals surface area contributed by atoms with Crippen LogP contribution in [0.15, 0.2) is 48.5 Å². The molecule has 1 saturated heterocycles. The van der Waals surface area contributed by atoms with Crippen molar-refractivity contribution in [2.75, 3.05) is 13.1 Å². The first-order chi connectivity index (χ1) is 12.0. The predicted octanol–water partition coefficient (Wildman–Crippen LogP) is 3.56. The van der Waals surface area contributed by atoms with Crippen LogP contribution in [0, 0.1) is 0 Å². The molecular weight excluding hydrogens is 356 g/mol. The first kappa shape index (κ1) is 18.4. The highest BCUT2D eigenvalue weighted by Gasteiger charge is 2.16. The van der Waals surface area contributed by atoms with Gasteiger partial charge in [-0.15, -0.1) is 0 Å². The molecule has 2 aromatic rings. The van der Waals surface area contributed by atoms with Crippen molar-refractivity contribution < 1.29 is 8.42 Å². The standard InChI is InChI=1S/C19H23ClN2O2S/c20-19-10-4-3-9-18(19)15-25(23,24)21-13-16-7-1-2-8-17(16)14-22-11-5-6-12-22/h1-4,7-10,21H,5-6,11-15H2. The molecule has 0 unspecified atom stereocenters. The van der Waals surface area contributed by atoms with Gasteiger partial charge in [-0.25, -0.2) is 13.1 Å². The fraction of sp³-hybridized carbons (Fsp3) is 0.368. The van der Waals surface area contributed by atoms with Crippen LogP contribution in [0.5, 0.6) is 0 Å². The van der Waals surface area contributed by atoms with E-state index in [2.05, 4.69) is 15.7 Å². The molecule has 1 aliphatic rings. The Hall–Kier alpha value is -1.40. The maximum atomic E-state index is 12.4. The molecule has 0 bridgehead atoms. The molecule has 134 valence electrons. The van der Waals surface area contributed by atoms with Crippen molar-refractivity contribution in [3.63, 3.8) is 0 Å². The second-order valence-corrected chi connectivity index (χ2v) is 8.64. The van der Waals surface area contributed by atoms with E-state index in [0.717, 1.165) is 25.2 Å². The average Bonchev–Trinajstić information content (AvgIpc) is 3.09. The lowest BCUT2D eigenvalue weighted by Crippen LogP contribution is -2.26. The summed E-state index contributed by atoms with van der Waals surface area (Å²) in [6.45, 7) is 3.42. The quantitative estimate of drug-likeness (QED) is 0.801. The summed E-state index contributed by atoms with van der Waals surface area (Å²) in [7, 11) is -3.45. The number of hydrogen-bond acceptors (Lipinski definition) is 3. The summed E-state index contributed by atoms with van der Waals surface area (Å²) >= 11 is 6.07. The molecule has 3 rings (SSSR count). The molecule has 0 radical (unpaired) electrons. The Morgan fingerprint density at radius 1 is 0.920 bits per heavy atom. The molecular formula is C19H23ClN2O2S. The van der Waals surface area contributed by atoms with E-state index in [-0.39, 0.29) is 5.75 Å². The Bertz CT molecular complexity index is 818. The van der Waals surface area contributed by atoms with Gasteiger partial charge in [0.25, 0.3) is 0 Å². The summed E-state index contributed by atoms with van der Waals surface area (Å²) in [5, 5.41) is 0.474. The second-order valence-electron chi connectivity index (χ2n) is 6.42. The number of nitrogens with one attached hydrogen (secondary N) is 1.